The number of anilines is 1. The van der Waals surface area contributed by atoms with Crippen LogP contribution in [0.5, 0.6) is 0 Å². The summed E-state index contributed by atoms with van der Waals surface area (Å²) in [6.45, 7) is 0. The van der Waals surface area contributed by atoms with Crippen molar-refractivity contribution in [2.75, 3.05) is 5.32 Å². The molecule has 1 aromatic carbocycles. The molecule has 0 saturated heterocycles. The molecule has 1 fully saturated rings. The summed E-state index contributed by atoms with van der Waals surface area (Å²) in [5.74, 6) is 1.14. The molecule has 0 bridgehead atoms. The molecule has 130 valence electrons. The van der Waals surface area contributed by atoms with E-state index in [2.05, 4.69) is 20.5 Å². The minimum absolute atomic E-state index is 0.0383. The van der Waals surface area contributed by atoms with Gasteiger partial charge >= 0.3 is 0 Å². The highest BCUT2D eigenvalue weighted by atomic mass is 16.1. The summed E-state index contributed by atoms with van der Waals surface area (Å²) < 4.78 is 0. The van der Waals surface area contributed by atoms with Gasteiger partial charge in [-0.1, -0.05) is 43.9 Å². The van der Waals surface area contributed by atoms with Crippen molar-refractivity contribution in [1.29, 1.82) is 0 Å². The zero-order valence-electron chi connectivity index (χ0n) is 14.3. The van der Waals surface area contributed by atoms with Crippen LogP contribution in [0, 0.1) is 0 Å². The molecule has 3 aromatic rings. The minimum Gasteiger partial charge on any atom is -0.361 e. The molecule has 1 aliphatic carbocycles. The molecule has 5 heteroatoms. The number of rotatable bonds is 4. The van der Waals surface area contributed by atoms with Gasteiger partial charge < -0.3 is 10.3 Å². The number of nitrogens with one attached hydrogen (secondary N) is 3. The third-order valence-corrected chi connectivity index (χ3v) is 5.19. The number of aromatic amines is 2. The highest BCUT2D eigenvalue weighted by Gasteiger charge is 2.17. The number of hydrogen-bond donors (Lipinski definition) is 3. The Balaban J connectivity index is 1.41. The van der Waals surface area contributed by atoms with Crippen LogP contribution in [0.3, 0.4) is 0 Å². The fourth-order valence-corrected chi connectivity index (χ4v) is 3.84. The fraction of sp³-hybridized carbons (Fsp3) is 0.400. The Morgan fingerprint density at radius 3 is 2.80 bits per heavy atom. The molecule has 25 heavy (non-hydrogen) atoms. The SMILES string of the molecule is O=C(Cc1c[nH]c2ccccc12)Nc1cc(C2CCCCCC2)[nH]n1. The van der Waals surface area contributed by atoms with Crippen LogP contribution in [0.1, 0.15) is 55.7 Å². The van der Waals surface area contributed by atoms with Gasteiger partial charge in [-0.15, -0.1) is 0 Å². The number of benzene rings is 1. The smallest absolute Gasteiger partial charge is 0.230 e. The number of aromatic nitrogens is 3. The van der Waals surface area contributed by atoms with Gasteiger partial charge in [0.1, 0.15) is 0 Å². The second-order valence-corrected chi connectivity index (χ2v) is 6.98. The summed E-state index contributed by atoms with van der Waals surface area (Å²) in [7, 11) is 0. The zero-order chi connectivity index (χ0) is 17.1. The van der Waals surface area contributed by atoms with E-state index in [9.17, 15) is 4.79 Å². The van der Waals surface area contributed by atoms with E-state index in [1.54, 1.807) is 0 Å². The van der Waals surface area contributed by atoms with Gasteiger partial charge in [0.15, 0.2) is 5.82 Å². The van der Waals surface area contributed by atoms with Gasteiger partial charge in [0, 0.05) is 34.8 Å². The van der Waals surface area contributed by atoms with Crippen molar-refractivity contribution >= 4 is 22.6 Å². The second-order valence-electron chi connectivity index (χ2n) is 6.98. The van der Waals surface area contributed by atoms with Crippen molar-refractivity contribution in [3.05, 3.63) is 47.8 Å². The molecule has 1 aliphatic rings. The van der Waals surface area contributed by atoms with Gasteiger partial charge in [-0.05, 0) is 24.5 Å². The predicted molar refractivity (Wildman–Crippen MR) is 99.7 cm³/mol. The predicted octanol–water partition coefficient (Wildman–Crippen LogP) is 4.51. The fourth-order valence-electron chi connectivity index (χ4n) is 3.84. The summed E-state index contributed by atoms with van der Waals surface area (Å²) in [4.78, 5) is 15.6. The minimum atomic E-state index is -0.0383. The lowest BCUT2D eigenvalue weighted by Crippen LogP contribution is -2.14. The van der Waals surface area contributed by atoms with E-state index < -0.39 is 0 Å². The van der Waals surface area contributed by atoms with Crippen LogP contribution < -0.4 is 5.32 Å². The van der Waals surface area contributed by atoms with E-state index in [1.807, 2.05) is 36.5 Å². The van der Waals surface area contributed by atoms with Gasteiger partial charge in [-0.3, -0.25) is 9.89 Å². The maximum atomic E-state index is 12.4. The Hall–Kier alpha value is -2.56. The molecular formula is C20H24N4O. The third-order valence-electron chi connectivity index (χ3n) is 5.19. The van der Waals surface area contributed by atoms with Crippen molar-refractivity contribution in [2.24, 2.45) is 0 Å². The molecule has 5 nitrogen and oxygen atoms in total. The van der Waals surface area contributed by atoms with E-state index in [-0.39, 0.29) is 5.91 Å². The number of H-pyrrole nitrogens is 2. The third kappa shape index (κ3) is 3.60. The first-order chi connectivity index (χ1) is 12.3. The lowest BCUT2D eigenvalue weighted by atomic mass is 9.97. The normalized spacial score (nSPS) is 16.0. The molecule has 1 saturated carbocycles. The molecule has 0 atom stereocenters. The van der Waals surface area contributed by atoms with Crippen LogP contribution in [0.2, 0.25) is 0 Å². The van der Waals surface area contributed by atoms with Crippen LogP contribution in [0.15, 0.2) is 36.5 Å². The average Bonchev–Trinajstić information content (AvgIpc) is 3.14. The molecule has 0 unspecified atom stereocenters. The largest absolute Gasteiger partial charge is 0.361 e. The number of carbonyl (C=O) groups is 1. The van der Waals surface area contributed by atoms with Gasteiger partial charge in [-0.2, -0.15) is 5.10 Å². The number of hydrogen-bond acceptors (Lipinski definition) is 2. The number of amides is 1. The van der Waals surface area contributed by atoms with Gasteiger partial charge in [-0.25, -0.2) is 0 Å². The first-order valence-electron chi connectivity index (χ1n) is 9.20. The second kappa shape index (κ2) is 7.13. The average molecular weight is 336 g/mol. The standard InChI is InChI=1S/C20H24N4O/c25-20(11-15-13-21-17-10-6-5-9-16(15)17)22-19-12-18(23-24-19)14-7-3-1-2-4-8-14/h5-6,9-10,12-14,21H,1-4,7-8,11H2,(H2,22,23,24,25). The monoisotopic (exact) mass is 336 g/mol. The molecule has 4 rings (SSSR count). The summed E-state index contributed by atoms with van der Waals surface area (Å²) >= 11 is 0. The van der Waals surface area contributed by atoms with Crippen molar-refractivity contribution in [2.45, 2.75) is 50.9 Å². The Bertz CT molecular complexity index is 855. The van der Waals surface area contributed by atoms with Crippen LogP contribution >= 0.6 is 0 Å². The molecule has 3 N–H and O–H groups in total. The maximum Gasteiger partial charge on any atom is 0.230 e. The van der Waals surface area contributed by atoms with Crippen LogP contribution in [-0.2, 0) is 11.2 Å². The highest BCUT2D eigenvalue weighted by molar-refractivity contribution is 5.95. The van der Waals surface area contributed by atoms with E-state index in [4.69, 9.17) is 0 Å². The topological polar surface area (TPSA) is 73.6 Å². The number of nitrogens with zero attached hydrogens (tertiary/aromatic N) is 1. The summed E-state index contributed by atoms with van der Waals surface area (Å²) in [5.41, 5.74) is 3.22. The summed E-state index contributed by atoms with van der Waals surface area (Å²) in [6, 6.07) is 10.0. The van der Waals surface area contributed by atoms with E-state index in [0.717, 1.165) is 22.2 Å². The lowest BCUT2D eigenvalue weighted by molar-refractivity contribution is -0.115. The molecule has 0 spiro atoms. The Labute approximate surface area is 147 Å². The van der Waals surface area contributed by atoms with Gasteiger partial charge in [0.25, 0.3) is 0 Å². The zero-order valence-corrected chi connectivity index (χ0v) is 14.3. The number of carbonyl (C=O) groups excluding carboxylic acids is 1. The Kier molecular flexibility index (Phi) is 4.55. The Morgan fingerprint density at radius 1 is 1.16 bits per heavy atom. The number of fused-ring (bicyclic) bond motifs is 1. The van der Waals surface area contributed by atoms with Crippen molar-refractivity contribution in [3.63, 3.8) is 0 Å². The molecule has 2 heterocycles. The first-order valence-corrected chi connectivity index (χ1v) is 9.20. The van der Waals surface area contributed by atoms with Gasteiger partial charge in [0.05, 0.1) is 6.42 Å². The van der Waals surface area contributed by atoms with Crippen molar-refractivity contribution in [3.8, 4) is 0 Å². The van der Waals surface area contributed by atoms with E-state index >= 15 is 0 Å². The molecule has 2 aromatic heterocycles. The summed E-state index contributed by atoms with van der Waals surface area (Å²) in [6.07, 6.45) is 9.91. The van der Waals surface area contributed by atoms with Crippen LogP contribution in [-0.4, -0.2) is 21.1 Å². The number of para-hydroxylation sites is 1. The summed E-state index contributed by atoms with van der Waals surface area (Å²) in [5, 5.41) is 11.4. The molecule has 0 aliphatic heterocycles. The van der Waals surface area contributed by atoms with E-state index in [0.29, 0.717) is 18.2 Å². The molecule has 1 amide bonds. The molecule has 0 radical (unpaired) electrons. The Morgan fingerprint density at radius 2 is 1.96 bits per heavy atom. The lowest BCUT2D eigenvalue weighted by Gasteiger charge is -2.10. The van der Waals surface area contributed by atoms with Crippen LogP contribution in [0.4, 0.5) is 5.82 Å². The van der Waals surface area contributed by atoms with Gasteiger partial charge in [0.2, 0.25) is 5.91 Å². The van der Waals surface area contributed by atoms with Crippen LogP contribution in [0.25, 0.3) is 10.9 Å². The maximum absolute atomic E-state index is 12.4. The van der Waals surface area contributed by atoms with Crippen molar-refractivity contribution < 1.29 is 4.79 Å². The first kappa shape index (κ1) is 15.9. The van der Waals surface area contributed by atoms with E-state index in [1.165, 1.54) is 38.5 Å². The molecular weight excluding hydrogens is 312 g/mol. The van der Waals surface area contributed by atoms with Crippen molar-refractivity contribution in [1.82, 2.24) is 15.2 Å². The highest BCUT2D eigenvalue weighted by Crippen LogP contribution is 2.31. The quantitative estimate of drug-likeness (QED) is 0.613.